The third-order valence-corrected chi connectivity index (χ3v) is 2.04. The summed E-state index contributed by atoms with van der Waals surface area (Å²) in [7, 11) is 1.80. The van der Waals surface area contributed by atoms with Crippen LogP contribution in [0.5, 0.6) is 0 Å². The van der Waals surface area contributed by atoms with Crippen LogP contribution in [0.2, 0.25) is 0 Å². The summed E-state index contributed by atoms with van der Waals surface area (Å²) >= 11 is 0. The van der Waals surface area contributed by atoms with Crippen molar-refractivity contribution in [2.75, 3.05) is 39.9 Å². The predicted molar refractivity (Wildman–Crippen MR) is 84.0 cm³/mol. The van der Waals surface area contributed by atoms with E-state index in [9.17, 15) is 9.59 Å². The van der Waals surface area contributed by atoms with Gasteiger partial charge < -0.3 is 20.1 Å². The molecular formula is C15H28N2O4. The van der Waals surface area contributed by atoms with Gasteiger partial charge in [0.15, 0.2) is 0 Å². The Labute approximate surface area is 127 Å². The highest BCUT2D eigenvalue weighted by Gasteiger charge is 2.01. The first-order valence-electron chi connectivity index (χ1n) is 6.87. The van der Waals surface area contributed by atoms with E-state index in [1.807, 2.05) is 6.92 Å². The van der Waals surface area contributed by atoms with Gasteiger partial charge in [-0.2, -0.15) is 0 Å². The van der Waals surface area contributed by atoms with E-state index in [1.165, 1.54) is 0 Å². The van der Waals surface area contributed by atoms with Gasteiger partial charge in [-0.3, -0.25) is 0 Å². The van der Waals surface area contributed by atoms with E-state index >= 15 is 0 Å². The van der Waals surface area contributed by atoms with Crippen molar-refractivity contribution in [3.05, 3.63) is 24.3 Å². The zero-order chi connectivity index (χ0) is 16.7. The van der Waals surface area contributed by atoms with E-state index in [1.54, 1.807) is 20.9 Å². The highest BCUT2D eigenvalue weighted by atomic mass is 16.5. The molecule has 0 fully saturated rings. The molecule has 122 valence electrons. The largest absolute Gasteiger partial charge is 0.461 e. The third-order valence-electron chi connectivity index (χ3n) is 2.04. The molecule has 0 aromatic heterocycles. The van der Waals surface area contributed by atoms with Crippen molar-refractivity contribution in [2.45, 2.75) is 20.8 Å². The minimum atomic E-state index is -0.324. The van der Waals surface area contributed by atoms with Crippen LogP contribution in [0.15, 0.2) is 24.3 Å². The van der Waals surface area contributed by atoms with Crippen molar-refractivity contribution in [3.63, 3.8) is 0 Å². The molecule has 0 radical (unpaired) electrons. The zero-order valence-corrected chi connectivity index (χ0v) is 13.6. The number of nitrogens with one attached hydrogen (secondary N) is 2. The van der Waals surface area contributed by atoms with Gasteiger partial charge in [0.05, 0.1) is 0 Å². The van der Waals surface area contributed by atoms with Crippen LogP contribution in [0.3, 0.4) is 0 Å². The van der Waals surface area contributed by atoms with Crippen LogP contribution in [0.25, 0.3) is 0 Å². The Hall–Kier alpha value is -1.66. The Kier molecular flexibility index (Phi) is 15.2. The van der Waals surface area contributed by atoms with Crippen LogP contribution in [-0.2, 0) is 19.1 Å². The highest BCUT2D eigenvalue weighted by Crippen LogP contribution is 1.90. The van der Waals surface area contributed by atoms with Gasteiger partial charge in [0.25, 0.3) is 0 Å². The van der Waals surface area contributed by atoms with Crippen molar-refractivity contribution in [2.24, 2.45) is 0 Å². The minimum Gasteiger partial charge on any atom is -0.461 e. The van der Waals surface area contributed by atoms with Gasteiger partial charge in [-0.05, 0) is 27.4 Å². The van der Waals surface area contributed by atoms with Crippen molar-refractivity contribution in [1.82, 2.24) is 10.6 Å². The molecule has 0 aliphatic carbocycles. The van der Waals surface area contributed by atoms with Gasteiger partial charge in [-0.1, -0.05) is 20.1 Å². The Morgan fingerprint density at radius 1 is 0.952 bits per heavy atom. The smallest absolute Gasteiger partial charge is 0.333 e. The Balaban J connectivity index is 0. The number of ether oxygens (including phenoxy) is 2. The number of hydrogen-bond acceptors (Lipinski definition) is 6. The standard InChI is InChI=1S/C8H15NO2.C7H13NO2/c1-4-9-5-6-11-8(10)7(2)3;1-6(2)7(9)10-5-4-8-3/h9H,2,4-6H2,1,3H3;8H,1,4-5H2,2-3H3. The summed E-state index contributed by atoms with van der Waals surface area (Å²) in [6.45, 7) is 15.3. The maximum atomic E-state index is 10.8. The molecule has 0 spiro atoms. The van der Waals surface area contributed by atoms with Gasteiger partial charge in [0, 0.05) is 24.2 Å². The predicted octanol–water partition coefficient (Wildman–Crippen LogP) is 1.04. The molecule has 0 atom stereocenters. The molecule has 0 aromatic rings. The van der Waals surface area contributed by atoms with Crippen LogP contribution in [0.1, 0.15) is 20.8 Å². The second kappa shape index (κ2) is 14.7. The molecule has 6 nitrogen and oxygen atoms in total. The number of carbonyl (C=O) groups excluding carboxylic acids is 2. The lowest BCUT2D eigenvalue weighted by Gasteiger charge is -2.03. The number of likely N-dealkylation sites (N-methyl/N-ethyl adjacent to an activating group) is 2. The van der Waals surface area contributed by atoms with Crippen LogP contribution in [-0.4, -0.2) is 51.8 Å². The first-order chi connectivity index (χ1) is 9.86. The van der Waals surface area contributed by atoms with Gasteiger partial charge >= 0.3 is 11.9 Å². The molecule has 0 aromatic carbocycles. The van der Waals surface area contributed by atoms with E-state index < -0.39 is 0 Å². The molecule has 2 N–H and O–H groups in total. The van der Waals surface area contributed by atoms with Gasteiger partial charge in [-0.25, -0.2) is 9.59 Å². The number of esters is 2. The fourth-order valence-corrected chi connectivity index (χ4v) is 0.885. The number of hydrogen-bond donors (Lipinski definition) is 2. The molecule has 0 heterocycles. The van der Waals surface area contributed by atoms with Crippen LogP contribution in [0, 0.1) is 0 Å². The first kappa shape index (κ1) is 21.6. The molecule has 0 aliphatic rings. The molecule has 0 unspecified atom stereocenters. The molecule has 6 heteroatoms. The maximum Gasteiger partial charge on any atom is 0.333 e. The zero-order valence-electron chi connectivity index (χ0n) is 13.6. The summed E-state index contributed by atoms with van der Waals surface area (Å²) in [5.74, 6) is -0.641. The van der Waals surface area contributed by atoms with Crippen LogP contribution >= 0.6 is 0 Å². The molecule has 21 heavy (non-hydrogen) atoms. The second-order valence-electron chi connectivity index (χ2n) is 4.29. The second-order valence-corrected chi connectivity index (χ2v) is 4.29. The summed E-state index contributed by atoms with van der Waals surface area (Å²) in [6.07, 6.45) is 0. The molecule has 0 rings (SSSR count). The molecule has 0 aliphatic heterocycles. The van der Waals surface area contributed by atoms with Crippen molar-refractivity contribution >= 4 is 11.9 Å². The Morgan fingerprint density at radius 2 is 1.38 bits per heavy atom. The summed E-state index contributed by atoms with van der Waals surface area (Å²) in [4.78, 5) is 21.4. The molecule has 0 saturated carbocycles. The summed E-state index contributed by atoms with van der Waals surface area (Å²) in [5, 5.41) is 5.89. The third kappa shape index (κ3) is 16.3. The maximum absolute atomic E-state index is 10.8. The van der Waals surface area contributed by atoms with Gasteiger partial charge in [-0.15, -0.1) is 0 Å². The molecular weight excluding hydrogens is 272 g/mol. The Morgan fingerprint density at radius 3 is 1.71 bits per heavy atom. The lowest BCUT2D eigenvalue weighted by atomic mass is 10.4. The number of carbonyl (C=O) groups is 2. The van der Waals surface area contributed by atoms with E-state index in [0.717, 1.165) is 6.54 Å². The van der Waals surface area contributed by atoms with Crippen molar-refractivity contribution in [3.8, 4) is 0 Å². The summed E-state index contributed by atoms with van der Waals surface area (Å²) in [6, 6.07) is 0. The van der Waals surface area contributed by atoms with Gasteiger partial charge in [0.1, 0.15) is 13.2 Å². The van der Waals surface area contributed by atoms with Crippen LogP contribution < -0.4 is 10.6 Å². The summed E-state index contributed by atoms with van der Waals surface area (Å²) in [5.41, 5.74) is 0.887. The van der Waals surface area contributed by atoms with Crippen molar-refractivity contribution < 1.29 is 19.1 Å². The van der Waals surface area contributed by atoms with E-state index in [4.69, 9.17) is 9.47 Å². The SMILES string of the molecule is C=C(C)C(=O)OCCNC.C=C(C)C(=O)OCCNCC. The minimum absolute atomic E-state index is 0.317. The van der Waals surface area contributed by atoms with E-state index in [0.29, 0.717) is 37.4 Å². The van der Waals surface area contributed by atoms with Gasteiger partial charge in [0.2, 0.25) is 0 Å². The average Bonchev–Trinajstić information content (AvgIpc) is 2.44. The topological polar surface area (TPSA) is 76.7 Å². The average molecular weight is 300 g/mol. The quantitative estimate of drug-likeness (QED) is 0.376. The first-order valence-corrected chi connectivity index (χ1v) is 6.87. The lowest BCUT2D eigenvalue weighted by Crippen LogP contribution is -2.20. The normalized spacial score (nSPS) is 9.14. The van der Waals surface area contributed by atoms with E-state index in [2.05, 4.69) is 23.8 Å². The molecule has 0 amide bonds. The fraction of sp³-hybridized carbons (Fsp3) is 0.600. The Bertz CT molecular complexity index is 341. The van der Waals surface area contributed by atoms with Crippen LogP contribution in [0.4, 0.5) is 0 Å². The molecule has 0 saturated heterocycles. The fourth-order valence-electron chi connectivity index (χ4n) is 0.885. The van der Waals surface area contributed by atoms with E-state index in [-0.39, 0.29) is 11.9 Å². The number of rotatable bonds is 9. The summed E-state index contributed by atoms with van der Waals surface area (Å²) < 4.78 is 9.55. The molecule has 0 bridgehead atoms. The lowest BCUT2D eigenvalue weighted by molar-refractivity contribution is -0.139. The highest BCUT2D eigenvalue weighted by molar-refractivity contribution is 5.87. The monoisotopic (exact) mass is 300 g/mol. The van der Waals surface area contributed by atoms with Crippen molar-refractivity contribution in [1.29, 1.82) is 0 Å².